The standard InChI is InChI=1S/C22H29ClN4O/c1-25-11-13-27(14-12-25)21-17-26(16-20-8-7-19(23)15-24-20)10-9-22(21,28)18-5-3-2-4-6-18/h2-8,15,21,28H,9-14,16-17H2,1H3/t21-,22+/m1/s1. The smallest absolute Gasteiger partial charge is 0.108 e. The third-order valence-electron chi connectivity index (χ3n) is 6.22. The van der Waals surface area contributed by atoms with Crippen LogP contribution in [0, 0.1) is 0 Å². The summed E-state index contributed by atoms with van der Waals surface area (Å²) >= 11 is 5.98. The summed E-state index contributed by atoms with van der Waals surface area (Å²) in [5, 5.41) is 12.5. The molecule has 2 aliphatic rings. The first-order valence-electron chi connectivity index (χ1n) is 10.1. The van der Waals surface area contributed by atoms with Gasteiger partial charge in [-0.3, -0.25) is 14.8 Å². The van der Waals surface area contributed by atoms with E-state index in [0.29, 0.717) is 5.02 Å². The van der Waals surface area contributed by atoms with E-state index in [-0.39, 0.29) is 6.04 Å². The molecule has 0 amide bonds. The van der Waals surface area contributed by atoms with Crippen molar-refractivity contribution in [3.63, 3.8) is 0 Å². The van der Waals surface area contributed by atoms with Gasteiger partial charge in [-0.2, -0.15) is 0 Å². The van der Waals surface area contributed by atoms with E-state index in [1.165, 1.54) is 0 Å². The minimum atomic E-state index is -0.818. The SMILES string of the molecule is CN1CCN([C@@H]2CN(Cc3ccc(Cl)cn3)CC[C@]2(O)c2ccccc2)CC1. The van der Waals surface area contributed by atoms with E-state index >= 15 is 0 Å². The Morgan fingerprint density at radius 2 is 1.82 bits per heavy atom. The summed E-state index contributed by atoms with van der Waals surface area (Å²) in [6.07, 6.45) is 2.43. The normalized spacial score (nSPS) is 27.8. The van der Waals surface area contributed by atoms with Crippen molar-refractivity contribution in [2.24, 2.45) is 0 Å². The van der Waals surface area contributed by atoms with Gasteiger partial charge in [0, 0.05) is 52.0 Å². The highest BCUT2D eigenvalue weighted by Gasteiger charge is 2.46. The van der Waals surface area contributed by atoms with Crippen molar-refractivity contribution in [3.8, 4) is 0 Å². The fourth-order valence-electron chi connectivity index (χ4n) is 4.47. The Labute approximate surface area is 172 Å². The zero-order valence-electron chi connectivity index (χ0n) is 16.5. The maximum atomic E-state index is 11.8. The minimum absolute atomic E-state index is 0.0738. The van der Waals surface area contributed by atoms with E-state index in [4.69, 9.17) is 11.6 Å². The number of pyridine rings is 1. The molecule has 0 bridgehead atoms. The van der Waals surface area contributed by atoms with E-state index < -0.39 is 5.60 Å². The molecule has 150 valence electrons. The van der Waals surface area contributed by atoms with Crippen LogP contribution in [-0.4, -0.2) is 77.1 Å². The number of piperidine rings is 1. The Kier molecular flexibility index (Phi) is 5.99. The largest absolute Gasteiger partial charge is 0.383 e. The number of hydrogen-bond acceptors (Lipinski definition) is 5. The number of likely N-dealkylation sites (N-methyl/N-ethyl adjacent to an activating group) is 1. The van der Waals surface area contributed by atoms with Crippen LogP contribution in [-0.2, 0) is 12.1 Å². The summed E-state index contributed by atoms with van der Waals surface area (Å²) in [5.74, 6) is 0. The number of aliphatic hydroxyl groups is 1. The second-order valence-corrected chi connectivity index (χ2v) is 8.53. The molecule has 2 fully saturated rings. The zero-order valence-corrected chi connectivity index (χ0v) is 17.2. The first-order chi connectivity index (χ1) is 13.5. The number of hydrogen-bond donors (Lipinski definition) is 1. The average Bonchev–Trinajstić information content (AvgIpc) is 2.72. The molecule has 0 spiro atoms. The van der Waals surface area contributed by atoms with Gasteiger partial charge in [0.05, 0.1) is 16.8 Å². The van der Waals surface area contributed by atoms with Crippen LogP contribution in [0.1, 0.15) is 17.7 Å². The van der Waals surface area contributed by atoms with Crippen LogP contribution in [0.15, 0.2) is 48.7 Å². The molecular weight excluding hydrogens is 372 g/mol. The Morgan fingerprint density at radius 3 is 2.50 bits per heavy atom. The summed E-state index contributed by atoms with van der Waals surface area (Å²) in [4.78, 5) is 11.7. The van der Waals surface area contributed by atoms with Gasteiger partial charge < -0.3 is 10.0 Å². The molecule has 1 aromatic carbocycles. The molecule has 5 nitrogen and oxygen atoms in total. The first kappa shape index (κ1) is 19.8. The van der Waals surface area contributed by atoms with Crippen LogP contribution in [0.4, 0.5) is 0 Å². The van der Waals surface area contributed by atoms with Gasteiger partial charge >= 0.3 is 0 Å². The highest BCUT2D eigenvalue weighted by Crippen LogP contribution is 2.36. The lowest BCUT2D eigenvalue weighted by Gasteiger charge is -2.51. The van der Waals surface area contributed by atoms with Gasteiger partial charge in [0.2, 0.25) is 0 Å². The number of likely N-dealkylation sites (tertiary alicyclic amines) is 1. The second-order valence-electron chi connectivity index (χ2n) is 8.10. The summed E-state index contributed by atoms with van der Waals surface area (Å²) in [7, 11) is 2.17. The Balaban J connectivity index is 1.56. The van der Waals surface area contributed by atoms with Crippen molar-refractivity contribution in [1.29, 1.82) is 0 Å². The molecule has 1 N–H and O–H groups in total. The lowest BCUT2D eigenvalue weighted by atomic mass is 9.79. The molecule has 4 rings (SSSR count). The molecule has 2 atom stereocenters. The Hall–Kier alpha value is -1.50. The molecule has 2 saturated heterocycles. The van der Waals surface area contributed by atoms with Crippen molar-refractivity contribution in [2.45, 2.75) is 24.6 Å². The quantitative estimate of drug-likeness (QED) is 0.853. The van der Waals surface area contributed by atoms with E-state index in [1.54, 1.807) is 6.20 Å². The average molecular weight is 401 g/mol. The third kappa shape index (κ3) is 4.24. The second kappa shape index (κ2) is 8.47. The number of aromatic nitrogens is 1. The third-order valence-corrected chi connectivity index (χ3v) is 6.44. The molecule has 6 heteroatoms. The number of benzene rings is 1. The highest BCUT2D eigenvalue weighted by atomic mass is 35.5. The van der Waals surface area contributed by atoms with Crippen LogP contribution in [0.2, 0.25) is 5.02 Å². The minimum Gasteiger partial charge on any atom is -0.383 e. The van der Waals surface area contributed by atoms with Gasteiger partial charge in [-0.25, -0.2) is 0 Å². The maximum Gasteiger partial charge on any atom is 0.108 e. The fourth-order valence-corrected chi connectivity index (χ4v) is 4.58. The summed E-state index contributed by atoms with van der Waals surface area (Å²) in [6.45, 7) is 6.53. The van der Waals surface area contributed by atoms with E-state index in [1.807, 2.05) is 30.3 Å². The molecule has 2 aliphatic heterocycles. The molecular formula is C22H29ClN4O. The van der Waals surface area contributed by atoms with Crippen molar-refractivity contribution < 1.29 is 5.11 Å². The van der Waals surface area contributed by atoms with Gasteiger partial charge in [-0.15, -0.1) is 0 Å². The van der Waals surface area contributed by atoms with Crippen LogP contribution >= 0.6 is 11.6 Å². The van der Waals surface area contributed by atoms with Gasteiger partial charge in [0.1, 0.15) is 5.60 Å². The lowest BCUT2D eigenvalue weighted by molar-refractivity contribution is -0.108. The Bertz CT molecular complexity index is 764. The van der Waals surface area contributed by atoms with Gasteiger partial charge in [0.25, 0.3) is 0 Å². The van der Waals surface area contributed by atoms with Crippen LogP contribution in [0.25, 0.3) is 0 Å². The summed E-state index contributed by atoms with van der Waals surface area (Å²) < 4.78 is 0. The molecule has 0 saturated carbocycles. The van der Waals surface area contributed by atoms with Crippen molar-refractivity contribution >= 4 is 11.6 Å². The summed E-state index contributed by atoms with van der Waals surface area (Å²) in [6, 6.07) is 14.2. The molecule has 2 aromatic rings. The van der Waals surface area contributed by atoms with Crippen molar-refractivity contribution in [1.82, 2.24) is 19.7 Å². The predicted molar refractivity (Wildman–Crippen MR) is 112 cm³/mol. The number of rotatable bonds is 4. The topological polar surface area (TPSA) is 42.8 Å². The van der Waals surface area contributed by atoms with Gasteiger partial charge in [-0.1, -0.05) is 41.9 Å². The van der Waals surface area contributed by atoms with Crippen LogP contribution in [0.3, 0.4) is 0 Å². The molecule has 0 radical (unpaired) electrons. The summed E-state index contributed by atoms with van der Waals surface area (Å²) in [5.41, 5.74) is 1.23. The number of halogens is 1. The Morgan fingerprint density at radius 1 is 1.07 bits per heavy atom. The van der Waals surface area contributed by atoms with Crippen LogP contribution in [0.5, 0.6) is 0 Å². The lowest BCUT2D eigenvalue weighted by Crippen LogP contribution is -2.63. The first-order valence-corrected chi connectivity index (χ1v) is 10.5. The monoisotopic (exact) mass is 400 g/mol. The fraction of sp³-hybridized carbons (Fsp3) is 0.500. The molecule has 0 aliphatic carbocycles. The van der Waals surface area contributed by atoms with Gasteiger partial charge in [0.15, 0.2) is 0 Å². The van der Waals surface area contributed by atoms with Gasteiger partial charge in [-0.05, 0) is 31.2 Å². The number of piperazine rings is 1. The predicted octanol–water partition coefficient (Wildman–Crippen LogP) is 2.44. The molecule has 0 unspecified atom stereocenters. The van der Waals surface area contributed by atoms with E-state index in [9.17, 15) is 5.11 Å². The van der Waals surface area contributed by atoms with E-state index in [2.05, 4.69) is 38.9 Å². The molecule has 1 aromatic heterocycles. The van der Waals surface area contributed by atoms with Crippen LogP contribution < -0.4 is 0 Å². The number of nitrogens with zero attached hydrogens (tertiary/aromatic N) is 4. The van der Waals surface area contributed by atoms with E-state index in [0.717, 1.165) is 63.5 Å². The maximum absolute atomic E-state index is 11.8. The van der Waals surface area contributed by atoms with Crippen molar-refractivity contribution in [3.05, 3.63) is 64.9 Å². The zero-order chi connectivity index (χ0) is 19.6. The highest BCUT2D eigenvalue weighted by molar-refractivity contribution is 6.30. The van der Waals surface area contributed by atoms with Crippen molar-refractivity contribution in [2.75, 3.05) is 46.3 Å². The molecule has 28 heavy (non-hydrogen) atoms. The molecule has 3 heterocycles.